The third-order valence-corrected chi connectivity index (χ3v) is 5.77. The Morgan fingerprint density at radius 1 is 0.971 bits per heavy atom. The molecular formula is C28H40ClNO5. The molecule has 1 heterocycles. The second-order valence-electron chi connectivity index (χ2n) is 8.49. The van der Waals surface area contributed by atoms with Crippen LogP contribution in [0.5, 0.6) is 11.5 Å². The molecule has 0 aliphatic carbocycles. The van der Waals surface area contributed by atoms with Gasteiger partial charge in [0, 0.05) is 5.57 Å². The maximum Gasteiger partial charge on any atom is 0.331 e. The van der Waals surface area contributed by atoms with Crippen molar-refractivity contribution in [1.82, 2.24) is 4.98 Å². The van der Waals surface area contributed by atoms with E-state index in [2.05, 4.69) is 17.1 Å². The van der Waals surface area contributed by atoms with Crippen LogP contribution < -0.4 is 9.47 Å². The molecule has 0 radical (unpaired) electrons. The highest BCUT2D eigenvalue weighted by atomic mass is 35.5. The van der Waals surface area contributed by atoms with Crippen LogP contribution in [0.4, 0.5) is 0 Å². The quantitative estimate of drug-likeness (QED) is 0.185. The summed E-state index contributed by atoms with van der Waals surface area (Å²) in [6.07, 6.45) is 11.7. The number of aromatic nitrogens is 1. The van der Waals surface area contributed by atoms with Gasteiger partial charge in [0.1, 0.15) is 17.2 Å². The number of hydrogen-bond donors (Lipinski definition) is 2. The minimum absolute atomic E-state index is 0. The Bertz CT molecular complexity index is 899. The van der Waals surface area contributed by atoms with Crippen molar-refractivity contribution in [3.8, 4) is 11.5 Å². The first-order chi connectivity index (χ1) is 16.6. The Morgan fingerprint density at radius 3 is 2.29 bits per heavy atom. The number of unbranched alkanes of at least 4 members (excludes halogenated alkanes) is 6. The topological polar surface area (TPSA) is 88.9 Å². The fourth-order valence-electron chi connectivity index (χ4n) is 3.70. The van der Waals surface area contributed by atoms with E-state index in [0.717, 1.165) is 37.9 Å². The number of aliphatic carboxylic acids is 1. The SMILES string of the molecule is CCCCC(=Cc1nc(CO)ccc1OCCCCCCCCc1ccc(OC)cc1)C(=O)O.Cl. The maximum atomic E-state index is 11.6. The summed E-state index contributed by atoms with van der Waals surface area (Å²) in [5.74, 6) is 0.516. The fourth-order valence-corrected chi connectivity index (χ4v) is 3.70. The van der Waals surface area contributed by atoms with Crippen molar-refractivity contribution < 1.29 is 24.5 Å². The minimum atomic E-state index is -0.942. The molecule has 0 bridgehead atoms. The zero-order valence-electron chi connectivity index (χ0n) is 21.0. The Hall–Kier alpha value is -2.57. The van der Waals surface area contributed by atoms with Gasteiger partial charge in [-0.25, -0.2) is 9.78 Å². The first-order valence-electron chi connectivity index (χ1n) is 12.4. The van der Waals surface area contributed by atoms with Crippen LogP contribution in [0.1, 0.15) is 81.7 Å². The molecule has 7 heteroatoms. The summed E-state index contributed by atoms with van der Waals surface area (Å²) in [6, 6.07) is 11.8. The number of nitrogens with zero attached hydrogens (tertiary/aromatic N) is 1. The summed E-state index contributed by atoms with van der Waals surface area (Å²) < 4.78 is 11.1. The van der Waals surface area contributed by atoms with Crippen molar-refractivity contribution in [3.05, 3.63) is 58.9 Å². The minimum Gasteiger partial charge on any atom is -0.497 e. The second kappa shape index (κ2) is 17.8. The highest BCUT2D eigenvalue weighted by Crippen LogP contribution is 2.23. The number of aryl methyl sites for hydroxylation is 1. The van der Waals surface area contributed by atoms with E-state index in [-0.39, 0.29) is 19.0 Å². The van der Waals surface area contributed by atoms with Gasteiger partial charge in [0.15, 0.2) is 0 Å². The number of pyridine rings is 1. The highest BCUT2D eigenvalue weighted by molar-refractivity contribution is 5.92. The lowest BCUT2D eigenvalue weighted by molar-refractivity contribution is -0.132. The number of methoxy groups -OCH3 is 1. The molecule has 2 N–H and O–H groups in total. The molecule has 194 valence electrons. The van der Waals surface area contributed by atoms with Crippen molar-refractivity contribution in [2.75, 3.05) is 13.7 Å². The van der Waals surface area contributed by atoms with Gasteiger partial charge in [0.2, 0.25) is 0 Å². The molecule has 2 rings (SSSR count). The predicted molar refractivity (Wildman–Crippen MR) is 142 cm³/mol. The van der Waals surface area contributed by atoms with Gasteiger partial charge in [0.25, 0.3) is 0 Å². The number of carbonyl (C=O) groups is 1. The molecule has 1 aromatic carbocycles. The van der Waals surface area contributed by atoms with Crippen molar-refractivity contribution in [3.63, 3.8) is 0 Å². The highest BCUT2D eigenvalue weighted by Gasteiger charge is 2.11. The fraction of sp³-hybridized carbons (Fsp3) is 0.500. The number of carboxylic acid groups (broad SMARTS) is 1. The molecule has 0 atom stereocenters. The van der Waals surface area contributed by atoms with Gasteiger partial charge in [-0.15, -0.1) is 12.4 Å². The molecule has 2 aromatic rings. The van der Waals surface area contributed by atoms with Crippen molar-refractivity contribution in [2.24, 2.45) is 0 Å². The van der Waals surface area contributed by atoms with Gasteiger partial charge in [-0.05, 0) is 68.0 Å². The Morgan fingerprint density at radius 2 is 1.66 bits per heavy atom. The number of halogens is 1. The molecular weight excluding hydrogens is 466 g/mol. The molecule has 35 heavy (non-hydrogen) atoms. The van der Waals surface area contributed by atoms with E-state index in [1.54, 1.807) is 25.3 Å². The smallest absolute Gasteiger partial charge is 0.331 e. The number of carboxylic acids is 1. The van der Waals surface area contributed by atoms with Gasteiger partial charge in [-0.1, -0.05) is 51.2 Å². The number of hydrogen-bond acceptors (Lipinski definition) is 5. The lowest BCUT2D eigenvalue weighted by atomic mass is 10.0. The van der Waals surface area contributed by atoms with Crippen molar-refractivity contribution in [2.45, 2.75) is 77.7 Å². The molecule has 0 amide bonds. The molecule has 0 unspecified atom stereocenters. The van der Waals surface area contributed by atoms with Crippen LogP contribution in [0.2, 0.25) is 0 Å². The first-order valence-corrected chi connectivity index (χ1v) is 12.4. The zero-order chi connectivity index (χ0) is 24.6. The third kappa shape index (κ3) is 11.6. The van der Waals surface area contributed by atoms with E-state index in [4.69, 9.17) is 9.47 Å². The van der Waals surface area contributed by atoms with Crippen LogP contribution in [-0.4, -0.2) is 34.9 Å². The number of aliphatic hydroxyl groups excluding tert-OH is 1. The monoisotopic (exact) mass is 505 g/mol. The van der Waals surface area contributed by atoms with E-state index in [1.165, 1.54) is 31.2 Å². The number of benzene rings is 1. The molecule has 6 nitrogen and oxygen atoms in total. The second-order valence-corrected chi connectivity index (χ2v) is 8.49. The van der Waals surface area contributed by atoms with Gasteiger partial charge >= 0.3 is 5.97 Å². The lowest BCUT2D eigenvalue weighted by Crippen LogP contribution is -2.05. The molecule has 1 aromatic heterocycles. The van der Waals surface area contributed by atoms with Crippen LogP contribution in [0.25, 0.3) is 6.08 Å². The van der Waals surface area contributed by atoms with Crippen LogP contribution in [0.3, 0.4) is 0 Å². The van der Waals surface area contributed by atoms with Gasteiger partial charge < -0.3 is 19.7 Å². The largest absolute Gasteiger partial charge is 0.497 e. The summed E-state index contributed by atoms with van der Waals surface area (Å²) in [7, 11) is 1.68. The zero-order valence-corrected chi connectivity index (χ0v) is 21.8. The van der Waals surface area contributed by atoms with E-state index >= 15 is 0 Å². The average Bonchev–Trinajstić information content (AvgIpc) is 2.86. The summed E-state index contributed by atoms with van der Waals surface area (Å²) >= 11 is 0. The summed E-state index contributed by atoms with van der Waals surface area (Å²) in [5, 5.41) is 18.9. The predicted octanol–water partition coefficient (Wildman–Crippen LogP) is 6.62. The number of aliphatic hydroxyl groups is 1. The van der Waals surface area contributed by atoms with Crippen LogP contribution >= 0.6 is 12.4 Å². The average molecular weight is 506 g/mol. The van der Waals surface area contributed by atoms with E-state index in [1.807, 2.05) is 19.1 Å². The van der Waals surface area contributed by atoms with Gasteiger partial charge in [-0.3, -0.25) is 0 Å². The maximum absolute atomic E-state index is 11.6. The summed E-state index contributed by atoms with van der Waals surface area (Å²) in [4.78, 5) is 16.0. The third-order valence-electron chi connectivity index (χ3n) is 5.77. The molecule has 0 fully saturated rings. The van der Waals surface area contributed by atoms with Crippen LogP contribution in [-0.2, 0) is 17.8 Å². The molecule has 0 aliphatic rings. The normalized spacial score (nSPS) is 11.1. The van der Waals surface area contributed by atoms with E-state index in [9.17, 15) is 15.0 Å². The first kappa shape index (κ1) is 30.5. The lowest BCUT2D eigenvalue weighted by Gasteiger charge is -2.11. The standard InChI is InChI=1S/C28H39NO5.ClH/c1-3-4-12-23(28(31)32)20-26-27(18-15-24(21-30)29-26)34-19-10-8-6-5-7-9-11-22-13-16-25(33-2)17-14-22;/h13-18,20,30H,3-12,19,21H2,1-2H3,(H,31,32);1H. The van der Waals surface area contributed by atoms with Crippen LogP contribution in [0, 0.1) is 0 Å². The number of rotatable bonds is 17. The molecule has 0 spiro atoms. The van der Waals surface area contributed by atoms with Crippen LogP contribution in [0.15, 0.2) is 42.0 Å². The summed E-state index contributed by atoms with van der Waals surface area (Å²) in [6.45, 7) is 2.39. The van der Waals surface area contributed by atoms with E-state index < -0.39 is 5.97 Å². The summed E-state index contributed by atoms with van der Waals surface area (Å²) in [5.41, 5.74) is 2.62. The van der Waals surface area contributed by atoms with Gasteiger partial charge in [0.05, 0.1) is 26.0 Å². The van der Waals surface area contributed by atoms with Gasteiger partial charge in [-0.2, -0.15) is 0 Å². The number of ether oxygens (including phenoxy) is 2. The van der Waals surface area contributed by atoms with Crippen molar-refractivity contribution in [1.29, 1.82) is 0 Å². The molecule has 0 saturated heterocycles. The Balaban J connectivity index is 0.00000612. The Labute approximate surface area is 215 Å². The molecule has 0 saturated carbocycles. The van der Waals surface area contributed by atoms with Crippen molar-refractivity contribution >= 4 is 24.5 Å². The Kier molecular flexibility index (Phi) is 15.5. The molecule has 0 aliphatic heterocycles. The van der Waals surface area contributed by atoms with E-state index in [0.29, 0.717) is 35.7 Å².